The Labute approximate surface area is 417 Å². The second kappa shape index (κ2) is 16.6. The zero-order chi connectivity index (χ0) is 55.4. The normalized spacial score (nSPS) is 25.7. The van der Waals surface area contributed by atoms with Gasteiger partial charge in [-0.05, 0) is 18.2 Å². The van der Waals surface area contributed by atoms with E-state index >= 15 is 9.59 Å². The predicted molar refractivity (Wildman–Crippen MR) is 233 cm³/mol. The molecule has 19 N–H and O–H groups in total. The quantitative estimate of drug-likeness (QED) is 0.0553. The van der Waals surface area contributed by atoms with Crippen LogP contribution in [0.5, 0.6) is 86.2 Å². The maximum atomic E-state index is 15.5. The average molecular weight is 1070 g/mol. The third kappa shape index (κ3) is 6.61. The van der Waals surface area contributed by atoms with Gasteiger partial charge in [0.15, 0.2) is 81.9 Å². The van der Waals surface area contributed by atoms with E-state index < -0.39 is 250 Å². The molecule has 9 atom stereocenters. The number of rotatable bonds is 1. The molecule has 5 aromatic carbocycles. The number of hydrogen-bond donors (Lipinski definition) is 19. The second-order valence-corrected chi connectivity index (χ2v) is 17.6. The van der Waals surface area contributed by atoms with E-state index in [9.17, 15) is 111 Å². The summed E-state index contributed by atoms with van der Waals surface area (Å²) in [4.78, 5) is 74.4. The summed E-state index contributed by atoms with van der Waals surface area (Å²) in [5, 5.41) is 214. The van der Waals surface area contributed by atoms with Crippen molar-refractivity contribution in [1.82, 2.24) is 0 Å². The Hall–Kier alpha value is -9.75. The highest BCUT2D eigenvalue weighted by Crippen LogP contribution is 2.63. The molecule has 6 heterocycles. The molecule has 76 heavy (non-hydrogen) atoms. The first-order valence-electron chi connectivity index (χ1n) is 21.5. The number of phenolic OH excluding ortho intramolecular Hbond substituents is 15. The fraction of sp³-hybridized carbons (Fsp3) is 0.239. The van der Waals surface area contributed by atoms with Crippen LogP contribution in [0, 0.1) is 0 Å². The van der Waals surface area contributed by atoms with Gasteiger partial charge >= 0.3 is 29.8 Å². The van der Waals surface area contributed by atoms with Crippen LogP contribution in [-0.2, 0) is 28.4 Å². The number of carbonyl (C=O) groups excluding carboxylic acids is 5. The van der Waals surface area contributed by atoms with Crippen molar-refractivity contribution in [3.05, 3.63) is 51.6 Å². The Morgan fingerprint density at radius 2 is 0.789 bits per heavy atom. The maximum absolute atomic E-state index is 15.5. The molecule has 6 bridgehead atoms. The van der Waals surface area contributed by atoms with Crippen LogP contribution in [-0.4, -0.2) is 189 Å². The van der Waals surface area contributed by atoms with Crippen molar-refractivity contribution in [2.24, 2.45) is 0 Å². The number of phenols is 15. The molecular formula is C46H34O30. The van der Waals surface area contributed by atoms with E-state index in [4.69, 9.17) is 28.4 Å². The Kier molecular flexibility index (Phi) is 10.9. The third-order valence-electron chi connectivity index (χ3n) is 13.6. The van der Waals surface area contributed by atoms with Crippen molar-refractivity contribution in [3.8, 4) is 120 Å². The van der Waals surface area contributed by atoms with Crippen LogP contribution in [0.3, 0.4) is 0 Å². The summed E-state index contributed by atoms with van der Waals surface area (Å²) in [6, 6.07) is 0.916. The Bertz CT molecular complexity index is 3510. The number of aliphatic hydroxyl groups excluding tert-OH is 3. The molecule has 6 aliphatic heterocycles. The van der Waals surface area contributed by atoms with Crippen molar-refractivity contribution < 1.29 is 149 Å². The number of aromatic hydroxyl groups is 15. The topological polar surface area (TPSA) is 525 Å². The summed E-state index contributed by atoms with van der Waals surface area (Å²) in [5.41, 5.74) is -16.3. The van der Waals surface area contributed by atoms with Crippen LogP contribution in [0.15, 0.2) is 18.2 Å². The predicted octanol–water partition coefficient (Wildman–Crippen LogP) is -0.830. The summed E-state index contributed by atoms with van der Waals surface area (Å²) in [6.45, 7) is -2.84. The Morgan fingerprint density at radius 3 is 1.32 bits per heavy atom. The van der Waals surface area contributed by atoms with Crippen LogP contribution in [0.4, 0.5) is 0 Å². The first-order valence-corrected chi connectivity index (χ1v) is 21.5. The fourth-order valence-electron chi connectivity index (χ4n) is 9.99. The molecule has 0 aromatic heterocycles. The van der Waals surface area contributed by atoms with Gasteiger partial charge in [-0.1, -0.05) is 0 Å². The molecular weight excluding hydrogens is 1030 g/mol. The van der Waals surface area contributed by atoms with E-state index in [2.05, 4.69) is 0 Å². The Balaban J connectivity index is 1.39. The lowest BCUT2D eigenvalue weighted by atomic mass is 9.71. The second-order valence-electron chi connectivity index (χ2n) is 17.6. The molecule has 30 nitrogen and oxygen atoms in total. The van der Waals surface area contributed by atoms with E-state index in [1.165, 1.54) is 0 Å². The van der Waals surface area contributed by atoms with Crippen LogP contribution in [0.25, 0.3) is 33.4 Å². The van der Waals surface area contributed by atoms with Crippen LogP contribution >= 0.6 is 0 Å². The molecule has 0 amide bonds. The number of benzene rings is 5. The van der Waals surface area contributed by atoms with Gasteiger partial charge in [0.2, 0.25) is 34.5 Å². The minimum atomic E-state index is -3.72. The summed E-state index contributed by atoms with van der Waals surface area (Å²) in [5.74, 6) is -40.7. The highest BCUT2D eigenvalue weighted by Gasteiger charge is 2.65. The first-order chi connectivity index (χ1) is 35.7. The van der Waals surface area contributed by atoms with Gasteiger partial charge in [0.1, 0.15) is 24.9 Å². The highest BCUT2D eigenvalue weighted by atomic mass is 16.7. The number of fused-ring (bicyclic) bond motifs is 7. The van der Waals surface area contributed by atoms with Gasteiger partial charge in [0, 0.05) is 38.9 Å². The van der Waals surface area contributed by atoms with Crippen LogP contribution in [0.2, 0.25) is 0 Å². The number of ether oxygens (including phenoxy) is 6. The summed E-state index contributed by atoms with van der Waals surface area (Å²) in [7, 11) is 0. The maximum Gasteiger partial charge on any atom is 0.340 e. The van der Waals surface area contributed by atoms with E-state index in [1.54, 1.807) is 0 Å². The molecule has 0 radical (unpaired) electrons. The van der Waals surface area contributed by atoms with Crippen molar-refractivity contribution in [2.75, 3.05) is 13.2 Å². The summed E-state index contributed by atoms with van der Waals surface area (Å²) in [6.07, 6.45) is -19.3. The van der Waals surface area contributed by atoms with Crippen molar-refractivity contribution in [1.29, 1.82) is 0 Å². The lowest BCUT2D eigenvalue weighted by Crippen LogP contribution is -2.68. The summed E-state index contributed by atoms with van der Waals surface area (Å²) < 4.78 is 34.0. The highest BCUT2D eigenvalue weighted by molar-refractivity contribution is 6.16. The largest absolute Gasteiger partial charge is 0.504 e. The van der Waals surface area contributed by atoms with E-state index in [1.807, 2.05) is 0 Å². The van der Waals surface area contributed by atoms with Crippen molar-refractivity contribution >= 4 is 29.8 Å². The fourth-order valence-corrected chi connectivity index (χ4v) is 9.99. The van der Waals surface area contributed by atoms with E-state index in [0.717, 1.165) is 0 Å². The molecule has 5 aromatic rings. The number of aliphatic hydroxyl groups is 4. The third-order valence-corrected chi connectivity index (χ3v) is 13.6. The SMILES string of the molecule is O=C1OC[C@H]2OC(=O)c3cc(O)c(O)c(O)c3-c3c(O)c(O)c(O)c4c3C(=O)O[C@H]([C@@H]3OC(=O)c5c-4c(O)c(O)c(O)c5[C@H]3[C@@]3(O)OC[C@H](O)[C@@H](O)[C@H]3O)[C@@H]2OC(=O)c2cc(O)c(O)c(O)c2-c2c1cc(O)c(O)c2O. The number of hydrogen-bond acceptors (Lipinski definition) is 30. The van der Waals surface area contributed by atoms with Gasteiger partial charge in [-0.25, -0.2) is 24.0 Å². The lowest BCUT2D eigenvalue weighted by Gasteiger charge is -2.51. The Morgan fingerprint density at radius 1 is 0.395 bits per heavy atom. The number of cyclic esters (lactones) is 1. The molecule has 0 spiro atoms. The van der Waals surface area contributed by atoms with E-state index in [-0.39, 0.29) is 12.1 Å². The van der Waals surface area contributed by atoms with Gasteiger partial charge in [-0.3, -0.25) is 0 Å². The van der Waals surface area contributed by atoms with Gasteiger partial charge in [-0.15, -0.1) is 0 Å². The molecule has 398 valence electrons. The molecule has 30 heteroatoms. The molecule has 11 rings (SSSR count). The zero-order valence-electron chi connectivity index (χ0n) is 37.3. The molecule has 6 aliphatic rings. The minimum Gasteiger partial charge on any atom is -0.504 e. The number of esters is 5. The van der Waals surface area contributed by atoms with Crippen molar-refractivity contribution in [3.63, 3.8) is 0 Å². The minimum absolute atomic E-state index is 0.271. The van der Waals surface area contributed by atoms with Gasteiger partial charge in [0.25, 0.3) is 0 Å². The molecule has 1 saturated heterocycles. The molecule has 0 aliphatic carbocycles. The molecule has 0 unspecified atom stereocenters. The number of carbonyl (C=O) groups is 5. The van der Waals surface area contributed by atoms with Gasteiger partial charge in [-0.2, -0.15) is 0 Å². The summed E-state index contributed by atoms with van der Waals surface area (Å²) >= 11 is 0. The van der Waals surface area contributed by atoms with Crippen LogP contribution in [0.1, 0.15) is 63.3 Å². The average Bonchev–Trinajstić information content (AvgIpc) is 3.44. The molecule has 1 fully saturated rings. The smallest absolute Gasteiger partial charge is 0.340 e. The standard InChI is InChI=1S/C46H34O30/c47-9-1-6-14(28(55)24(9)51)15-7(2-10(48)25(52)29(15)56)43(67)74-37-13(5-71-41(6)65)73-42(66)8-3-11(49)26(53)30(57)16(8)17-20-18(32(59)35(62)31(17)58)19-21-22(34(61)36(63)33(19)60)23(38(75-45(21)69)39(37)76-44(20)68)46(70)40(64)27(54)12(50)4-72-46/h1-3,12-13,23,27,37-40,47-64,70H,4-5H2/t12-,13+,23+,27+,37+,38+,39-,40+,46+/m0/s1. The lowest BCUT2D eigenvalue weighted by molar-refractivity contribution is -0.341. The molecule has 0 saturated carbocycles. The first kappa shape index (κ1) is 49.8. The van der Waals surface area contributed by atoms with Crippen molar-refractivity contribution in [2.45, 2.75) is 54.4 Å². The van der Waals surface area contributed by atoms with Gasteiger partial charge in [0.05, 0.1) is 40.3 Å². The van der Waals surface area contributed by atoms with Crippen LogP contribution < -0.4 is 0 Å². The van der Waals surface area contributed by atoms with E-state index in [0.29, 0.717) is 6.07 Å². The monoisotopic (exact) mass is 1070 g/mol. The zero-order valence-corrected chi connectivity index (χ0v) is 37.3. The van der Waals surface area contributed by atoms with Gasteiger partial charge < -0.3 is 125 Å².